The second kappa shape index (κ2) is 4.68. The van der Waals surface area contributed by atoms with E-state index in [4.69, 9.17) is 0 Å². The van der Waals surface area contributed by atoms with Crippen molar-refractivity contribution in [3.05, 3.63) is 18.0 Å². The highest BCUT2D eigenvalue weighted by molar-refractivity contribution is 5.78. The van der Waals surface area contributed by atoms with Gasteiger partial charge in [-0.25, -0.2) is 0 Å². The Labute approximate surface area is 96.2 Å². The molecule has 1 aliphatic rings. The molecule has 1 aromatic heterocycles. The van der Waals surface area contributed by atoms with Crippen LogP contribution in [0.25, 0.3) is 0 Å². The molecule has 1 saturated carbocycles. The lowest BCUT2D eigenvalue weighted by Gasteiger charge is -2.20. The lowest BCUT2D eigenvalue weighted by Crippen LogP contribution is -2.31. The highest BCUT2D eigenvalue weighted by Gasteiger charge is 2.25. The van der Waals surface area contributed by atoms with E-state index in [1.165, 1.54) is 12.8 Å². The number of hydrogen-bond donors (Lipinski definition) is 0. The molecule has 0 radical (unpaired) electrons. The van der Waals surface area contributed by atoms with E-state index < -0.39 is 0 Å². The van der Waals surface area contributed by atoms with Gasteiger partial charge in [0, 0.05) is 38.3 Å². The summed E-state index contributed by atoms with van der Waals surface area (Å²) in [4.78, 5) is 13.9. The number of aryl methyl sites for hydroxylation is 1. The molecule has 0 N–H and O–H groups in total. The van der Waals surface area contributed by atoms with Crippen LogP contribution < -0.4 is 0 Å². The second-order valence-electron chi connectivity index (χ2n) is 4.70. The van der Waals surface area contributed by atoms with Crippen LogP contribution in [-0.4, -0.2) is 27.6 Å². The van der Waals surface area contributed by atoms with Crippen LogP contribution in [0, 0.1) is 5.92 Å². The van der Waals surface area contributed by atoms with Crippen molar-refractivity contribution in [2.45, 2.75) is 32.2 Å². The average Bonchev–Trinajstić information content (AvgIpc) is 2.88. The molecule has 0 saturated heterocycles. The molecular weight excluding hydrogens is 202 g/mol. The molecule has 1 aliphatic carbocycles. The first kappa shape index (κ1) is 11.2. The van der Waals surface area contributed by atoms with Gasteiger partial charge < -0.3 is 4.90 Å². The van der Waals surface area contributed by atoms with Crippen LogP contribution in [0.4, 0.5) is 0 Å². The zero-order valence-electron chi connectivity index (χ0n) is 10.0. The van der Waals surface area contributed by atoms with E-state index in [-0.39, 0.29) is 5.92 Å². The lowest BCUT2D eigenvalue weighted by molar-refractivity contribution is -0.134. The topological polar surface area (TPSA) is 38.1 Å². The number of nitrogens with zero attached hydrogens (tertiary/aromatic N) is 3. The fraction of sp³-hybridized carbons (Fsp3) is 0.667. The smallest absolute Gasteiger partial charge is 0.225 e. The Balaban J connectivity index is 1.91. The van der Waals surface area contributed by atoms with E-state index in [0.29, 0.717) is 12.5 Å². The minimum absolute atomic E-state index is 0.265. The molecule has 4 nitrogen and oxygen atoms in total. The van der Waals surface area contributed by atoms with E-state index in [2.05, 4.69) is 5.10 Å². The number of aromatic nitrogens is 2. The van der Waals surface area contributed by atoms with Gasteiger partial charge in [0.15, 0.2) is 0 Å². The first-order chi connectivity index (χ1) is 7.66. The van der Waals surface area contributed by atoms with Crippen molar-refractivity contribution in [1.82, 2.24) is 14.7 Å². The fourth-order valence-corrected chi connectivity index (χ4v) is 2.39. The van der Waals surface area contributed by atoms with Gasteiger partial charge in [-0.05, 0) is 12.8 Å². The maximum absolute atomic E-state index is 12.1. The Bertz CT molecular complexity index is 366. The lowest BCUT2D eigenvalue weighted by atomic mass is 10.1. The Morgan fingerprint density at radius 1 is 1.56 bits per heavy atom. The number of hydrogen-bond acceptors (Lipinski definition) is 2. The van der Waals surface area contributed by atoms with Crippen molar-refractivity contribution in [2.24, 2.45) is 13.0 Å². The number of carbonyl (C=O) groups excluding carboxylic acids is 1. The molecule has 1 aromatic rings. The van der Waals surface area contributed by atoms with Gasteiger partial charge >= 0.3 is 0 Å². The van der Waals surface area contributed by atoms with Crippen LogP contribution in [0.15, 0.2) is 12.4 Å². The van der Waals surface area contributed by atoms with Crippen LogP contribution >= 0.6 is 0 Å². The maximum atomic E-state index is 12.1. The van der Waals surface area contributed by atoms with Gasteiger partial charge in [0.1, 0.15) is 0 Å². The summed E-state index contributed by atoms with van der Waals surface area (Å²) in [6.45, 7) is 0.670. The molecule has 1 fully saturated rings. The molecule has 88 valence electrons. The molecule has 0 atom stereocenters. The predicted octanol–water partition coefficient (Wildman–Crippen LogP) is 1.57. The van der Waals surface area contributed by atoms with Crippen LogP contribution in [0.2, 0.25) is 0 Å². The van der Waals surface area contributed by atoms with Crippen molar-refractivity contribution in [1.29, 1.82) is 0 Å². The average molecular weight is 221 g/mol. The van der Waals surface area contributed by atoms with Crippen molar-refractivity contribution in [2.75, 3.05) is 7.05 Å². The summed E-state index contributed by atoms with van der Waals surface area (Å²) in [6.07, 6.45) is 8.32. The number of carbonyl (C=O) groups is 1. The highest BCUT2D eigenvalue weighted by Crippen LogP contribution is 2.26. The van der Waals surface area contributed by atoms with Gasteiger partial charge in [-0.1, -0.05) is 12.8 Å². The van der Waals surface area contributed by atoms with E-state index in [0.717, 1.165) is 18.4 Å². The minimum Gasteiger partial charge on any atom is -0.341 e. The molecule has 0 aliphatic heterocycles. The molecule has 4 heteroatoms. The summed E-state index contributed by atoms with van der Waals surface area (Å²) >= 11 is 0. The first-order valence-electron chi connectivity index (χ1n) is 5.89. The Morgan fingerprint density at radius 2 is 2.25 bits per heavy atom. The molecule has 0 unspecified atom stereocenters. The van der Waals surface area contributed by atoms with E-state index in [1.54, 1.807) is 4.68 Å². The molecule has 0 aromatic carbocycles. The molecule has 2 rings (SSSR count). The van der Waals surface area contributed by atoms with Gasteiger partial charge in [0.25, 0.3) is 0 Å². The van der Waals surface area contributed by atoms with Crippen LogP contribution in [-0.2, 0) is 18.4 Å². The molecule has 16 heavy (non-hydrogen) atoms. The normalized spacial score (nSPS) is 16.6. The van der Waals surface area contributed by atoms with Crippen molar-refractivity contribution >= 4 is 5.91 Å². The van der Waals surface area contributed by atoms with Crippen LogP contribution in [0.1, 0.15) is 31.2 Å². The molecule has 0 spiro atoms. The van der Waals surface area contributed by atoms with E-state index in [9.17, 15) is 4.79 Å². The number of amides is 1. The van der Waals surface area contributed by atoms with Crippen LogP contribution in [0.5, 0.6) is 0 Å². The van der Waals surface area contributed by atoms with Gasteiger partial charge in [-0.15, -0.1) is 0 Å². The zero-order chi connectivity index (χ0) is 11.5. The molecule has 1 heterocycles. The third-order valence-electron chi connectivity index (χ3n) is 3.26. The minimum atomic E-state index is 0.265. The molecule has 1 amide bonds. The second-order valence-corrected chi connectivity index (χ2v) is 4.70. The van der Waals surface area contributed by atoms with E-state index >= 15 is 0 Å². The highest BCUT2D eigenvalue weighted by atomic mass is 16.2. The van der Waals surface area contributed by atoms with Crippen molar-refractivity contribution in [3.63, 3.8) is 0 Å². The van der Waals surface area contributed by atoms with Crippen molar-refractivity contribution in [3.8, 4) is 0 Å². The van der Waals surface area contributed by atoms with Gasteiger partial charge in [0.05, 0.1) is 6.20 Å². The monoisotopic (exact) mass is 221 g/mol. The first-order valence-corrected chi connectivity index (χ1v) is 5.89. The van der Waals surface area contributed by atoms with E-state index in [1.807, 2.05) is 31.4 Å². The Kier molecular flexibility index (Phi) is 3.27. The zero-order valence-corrected chi connectivity index (χ0v) is 10.0. The van der Waals surface area contributed by atoms with Gasteiger partial charge in [0.2, 0.25) is 5.91 Å². The predicted molar refractivity (Wildman–Crippen MR) is 61.6 cm³/mol. The summed E-state index contributed by atoms with van der Waals surface area (Å²) in [5.41, 5.74) is 1.09. The van der Waals surface area contributed by atoms with Gasteiger partial charge in [-0.2, -0.15) is 5.10 Å². The SMILES string of the molecule is CN(Cc1cnn(C)c1)C(=O)C1CCCC1. The Hall–Kier alpha value is -1.32. The molecular formula is C12H19N3O. The summed E-state index contributed by atoms with van der Waals surface area (Å²) in [5, 5.41) is 4.11. The third kappa shape index (κ3) is 2.43. The largest absolute Gasteiger partial charge is 0.341 e. The molecule has 0 bridgehead atoms. The fourth-order valence-electron chi connectivity index (χ4n) is 2.39. The maximum Gasteiger partial charge on any atom is 0.225 e. The summed E-state index contributed by atoms with van der Waals surface area (Å²) in [6, 6.07) is 0. The van der Waals surface area contributed by atoms with Gasteiger partial charge in [-0.3, -0.25) is 9.48 Å². The summed E-state index contributed by atoms with van der Waals surface area (Å²) in [5.74, 6) is 0.558. The van der Waals surface area contributed by atoms with Crippen molar-refractivity contribution < 1.29 is 4.79 Å². The number of rotatable bonds is 3. The Morgan fingerprint density at radius 3 is 2.81 bits per heavy atom. The summed E-state index contributed by atoms with van der Waals surface area (Å²) in [7, 11) is 3.77. The third-order valence-corrected chi connectivity index (χ3v) is 3.26. The van der Waals surface area contributed by atoms with Crippen LogP contribution in [0.3, 0.4) is 0 Å². The summed E-state index contributed by atoms with van der Waals surface area (Å²) < 4.78 is 1.77. The quantitative estimate of drug-likeness (QED) is 0.777. The standard InChI is InChI=1S/C12H19N3O/c1-14(8-10-7-13-15(2)9-10)12(16)11-5-3-4-6-11/h7,9,11H,3-6,8H2,1-2H3.